The van der Waals surface area contributed by atoms with Gasteiger partial charge in [0.05, 0.1) is 5.69 Å². The number of halogens is 1. The lowest BCUT2D eigenvalue weighted by atomic mass is 9.83. The number of benzene rings is 3. The smallest absolute Gasteiger partial charge is 0.127 e. The molecule has 0 spiro atoms. The van der Waals surface area contributed by atoms with E-state index in [0.29, 0.717) is 0 Å². The van der Waals surface area contributed by atoms with Crippen molar-refractivity contribution in [1.82, 2.24) is 15.1 Å². The topological polar surface area (TPSA) is 29.0 Å². The molecule has 3 aromatic carbocycles. The van der Waals surface area contributed by atoms with Gasteiger partial charge in [0.15, 0.2) is 0 Å². The Morgan fingerprint density at radius 2 is 1.75 bits per heavy atom. The zero-order chi connectivity index (χ0) is 19.1. The minimum Gasteiger partial charge on any atom is -0.301 e. The van der Waals surface area contributed by atoms with Gasteiger partial charge in [-0.05, 0) is 64.8 Å². The Balaban J connectivity index is 1.62. The van der Waals surface area contributed by atoms with Crippen LogP contribution in [0.5, 0.6) is 0 Å². The number of rotatable bonds is 2. The molecule has 4 heteroatoms. The molecule has 4 aromatic rings. The number of aromatic nitrogens is 2. The van der Waals surface area contributed by atoms with E-state index in [1.165, 1.54) is 11.1 Å². The van der Waals surface area contributed by atoms with Crippen LogP contribution >= 0.6 is 0 Å². The molecule has 0 aliphatic carbocycles. The predicted molar refractivity (Wildman–Crippen MR) is 110 cm³/mol. The molecule has 1 atom stereocenters. The van der Waals surface area contributed by atoms with Crippen molar-refractivity contribution in [3.8, 4) is 11.3 Å². The number of likely N-dealkylation sites (N-methyl/N-ethyl adjacent to an activating group) is 1. The largest absolute Gasteiger partial charge is 0.301 e. The predicted octanol–water partition coefficient (Wildman–Crippen LogP) is 5.01. The summed E-state index contributed by atoms with van der Waals surface area (Å²) in [6.45, 7) is 1.64. The summed E-state index contributed by atoms with van der Waals surface area (Å²) in [4.78, 5) is 2.25. The van der Waals surface area contributed by atoms with E-state index in [9.17, 15) is 0 Å². The van der Waals surface area contributed by atoms with E-state index in [4.69, 9.17) is 0 Å². The van der Waals surface area contributed by atoms with Gasteiger partial charge in [0.2, 0.25) is 0 Å². The summed E-state index contributed by atoms with van der Waals surface area (Å²) < 4.78 is 15.0. The maximum atomic E-state index is 15.0. The lowest BCUT2D eigenvalue weighted by molar-refractivity contribution is 0.293. The van der Waals surface area contributed by atoms with Gasteiger partial charge in [-0.2, -0.15) is 10.2 Å². The Bertz CT molecular complexity index is 1160. The molecule has 0 saturated carbocycles. The maximum absolute atomic E-state index is 15.0. The second-order valence-electron chi connectivity index (χ2n) is 7.49. The average molecular weight is 369 g/mol. The summed E-state index contributed by atoms with van der Waals surface area (Å²) in [5, 5.41) is 10.2. The van der Waals surface area contributed by atoms with E-state index in [1.54, 1.807) is 12.3 Å². The van der Waals surface area contributed by atoms with Gasteiger partial charge in [0.1, 0.15) is 5.82 Å². The van der Waals surface area contributed by atoms with Crippen LogP contribution in [0.3, 0.4) is 0 Å². The van der Waals surface area contributed by atoms with Crippen LogP contribution < -0.4 is 0 Å². The highest BCUT2D eigenvalue weighted by molar-refractivity contribution is 5.83. The van der Waals surface area contributed by atoms with Crippen LogP contribution in [0.15, 0.2) is 72.9 Å². The summed E-state index contributed by atoms with van der Waals surface area (Å²) in [5.74, 6) is -0.128. The summed E-state index contributed by atoms with van der Waals surface area (Å²) in [6, 6.07) is 21.8. The van der Waals surface area contributed by atoms with Gasteiger partial charge in [0, 0.05) is 30.8 Å². The van der Waals surface area contributed by atoms with Crippen molar-refractivity contribution in [2.45, 2.75) is 12.5 Å². The van der Waals surface area contributed by atoms with Gasteiger partial charge < -0.3 is 4.90 Å². The first-order valence-corrected chi connectivity index (χ1v) is 9.47. The fraction of sp³-hybridized carbons (Fsp3) is 0.167. The van der Waals surface area contributed by atoms with Crippen LogP contribution in [0.25, 0.3) is 22.0 Å². The first-order chi connectivity index (χ1) is 13.7. The first kappa shape index (κ1) is 17.0. The molecular weight excluding hydrogens is 349 g/mol. The second-order valence-corrected chi connectivity index (χ2v) is 7.49. The van der Waals surface area contributed by atoms with Crippen LogP contribution in [-0.4, -0.2) is 28.7 Å². The zero-order valence-corrected chi connectivity index (χ0v) is 15.6. The van der Waals surface area contributed by atoms with Crippen LogP contribution in [-0.2, 0) is 6.54 Å². The van der Waals surface area contributed by atoms with Gasteiger partial charge in [0.25, 0.3) is 0 Å². The first-order valence-electron chi connectivity index (χ1n) is 9.47. The highest BCUT2D eigenvalue weighted by Crippen LogP contribution is 2.37. The van der Waals surface area contributed by atoms with Gasteiger partial charge in [-0.3, -0.25) is 0 Å². The lowest BCUT2D eigenvalue weighted by Crippen LogP contribution is -2.31. The fourth-order valence-electron chi connectivity index (χ4n) is 4.23. The Morgan fingerprint density at radius 3 is 2.54 bits per heavy atom. The van der Waals surface area contributed by atoms with Crippen molar-refractivity contribution < 1.29 is 4.39 Å². The third-order valence-electron chi connectivity index (χ3n) is 5.56. The maximum Gasteiger partial charge on any atom is 0.127 e. The quantitative estimate of drug-likeness (QED) is 0.497. The number of hydrogen-bond donors (Lipinski definition) is 0. The number of nitrogens with zero attached hydrogens (tertiary/aromatic N) is 3. The van der Waals surface area contributed by atoms with Gasteiger partial charge >= 0.3 is 0 Å². The molecule has 0 saturated heterocycles. The number of fused-ring (bicyclic) bond motifs is 2. The van der Waals surface area contributed by atoms with Crippen LogP contribution in [0.4, 0.5) is 4.39 Å². The summed E-state index contributed by atoms with van der Waals surface area (Å²) in [6.07, 6.45) is 1.67. The highest BCUT2D eigenvalue weighted by Gasteiger charge is 2.27. The van der Waals surface area contributed by atoms with E-state index in [0.717, 1.165) is 40.7 Å². The Labute approximate surface area is 163 Å². The van der Waals surface area contributed by atoms with Crippen LogP contribution in [0.2, 0.25) is 0 Å². The molecule has 2 heterocycles. The molecule has 1 aromatic heterocycles. The van der Waals surface area contributed by atoms with Crippen molar-refractivity contribution >= 4 is 10.8 Å². The third kappa shape index (κ3) is 2.96. The molecule has 1 aliphatic heterocycles. The molecule has 0 radical (unpaired) electrons. The van der Waals surface area contributed by atoms with Crippen LogP contribution in [0, 0.1) is 5.82 Å². The average Bonchev–Trinajstić information content (AvgIpc) is 2.73. The molecule has 5 rings (SSSR count). The Morgan fingerprint density at radius 1 is 0.929 bits per heavy atom. The second kappa shape index (κ2) is 6.80. The zero-order valence-electron chi connectivity index (χ0n) is 15.6. The molecule has 0 amide bonds. The van der Waals surface area contributed by atoms with E-state index in [2.05, 4.69) is 40.3 Å². The van der Waals surface area contributed by atoms with Crippen molar-refractivity contribution in [2.24, 2.45) is 0 Å². The summed E-state index contributed by atoms with van der Waals surface area (Å²) in [7, 11) is 2.09. The Kier molecular flexibility index (Phi) is 4.14. The van der Waals surface area contributed by atoms with E-state index < -0.39 is 0 Å². The normalized spacial score (nSPS) is 16.9. The van der Waals surface area contributed by atoms with Crippen molar-refractivity contribution in [3.05, 3.63) is 95.4 Å². The molecule has 28 heavy (non-hydrogen) atoms. The van der Waals surface area contributed by atoms with Crippen LogP contribution in [0.1, 0.15) is 22.6 Å². The van der Waals surface area contributed by atoms with Crippen molar-refractivity contribution in [3.63, 3.8) is 0 Å². The summed E-state index contributed by atoms with van der Waals surface area (Å²) in [5.41, 5.74) is 5.07. The third-order valence-corrected chi connectivity index (χ3v) is 5.56. The molecule has 1 unspecified atom stereocenters. The monoisotopic (exact) mass is 369 g/mol. The van der Waals surface area contributed by atoms with E-state index in [1.807, 2.05) is 42.5 Å². The van der Waals surface area contributed by atoms with E-state index in [-0.39, 0.29) is 11.7 Å². The van der Waals surface area contributed by atoms with Gasteiger partial charge in [-0.25, -0.2) is 4.39 Å². The molecule has 138 valence electrons. The van der Waals surface area contributed by atoms with Gasteiger partial charge in [-0.1, -0.05) is 36.4 Å². The van der Waals surface area contributed by atoms with E-state index >= 15 is 4.39 Å². The SMILES string of the molecule is CN1Cc2cc(-c3cccnn3)ccc2C(c2cc3ccccc3cc2F)C1. The molecule has 3 nitrogen and oxygen atoms in total. The molecular formula is C24H20FN3. The minimum atomic E-state index is -0.136. The van der Waals surface area contributed by atoms with Gasteiger partial charge in [-0.15, -0.1) is 0 Å². The minimum absolute atomic E-state index is 0.00858. The van der Waals surface area contributed by atoms with Crippen molar-refractivity contribution in [2.75, 3.05) is 13.6 Å². The molecule has 0 N–H and O–H groups in total. The molecule has 0 fully saturated rings. The van der Waals surface area contributed by atoms with Crippen molar-refractivity contribution in [1.29, 1.82) is 0 Å². The summed E-state index contributed by atoms with van der Waals surface area (Å²) >= 11 is 0. The molecule has 1 aliphatic rings. The Hall–Kier alpha value is -3.11. The lowest BCUT2D eigenvalue weighted by Gasteiger charge is -2.33. The fourth-order valence-corrected chi connectivity index (χ4v) is 4.23. The standard InChI is InChI=1S/C24H20FN3/c1-28-14-19-11-18(24-7-4-10-26-27-24)8-9-20(19)22(15-28)21-12-16-5-2-3-6-17(16)13-23(21)25/h2-13,22H,14-15H2,1H3. The highest BCUT2D eigenvalue weighted by atomic mass is 19.1. The molecule has 0 bridgehead atoms. The number of hydrogen-bond acceptors (Lipinski definition) is 3.